The maximum atomic E-state index is 5.75. The molecule has 0 rings (SSSR count). The van der Waals surface area contributed by atoms with Gasteiger partial charge in [-0.2, -0.15) is 0 Å². The van der Waals surface area contributed by atoms with E-state index in [9.17, 15) is 0 Å². The van der Waals surface area contributed by atoms with Crippen LogP contribution >= 0.6 is 0 Å². The molecule has 0 spiro atoms. The number of rotatable bonds is 10. The number of hydrogen-bond donors (Lipinski definition) is 2. The lowest BCUT2D eigenvalue weighted by molar-refractivity contribution is 0.141. The molecule has 0 bridgehead atoms. The summed E-state index contributed by atoms with van der Waals surface area (Å²) in [5.74, 6) is 1.69. The Kier molecular flexibility index (Phi) is 10.7. The van der Waals surface area contributed by atoms with Gasteiger partial charge in [0.2, 0.25) is 0 Å². The second-order valence-electron chi connectivity index (χ2n) is 6.93. The summed E-state index contributed by atoms with van der Waals surface area (Å²) in [5.41, 5.74) is 1.06. The molecule has 134 valence electrons. The Morgan fingerprint density at radius 3 is 2.43 bits per heavy atom. The highest BCUT2D eigenvalue weighted by molar-refractivity contribution is 6.76. The predicted molar refractivity (Wildman–Crippen MR) is 102 cm³/mol. The molecule has 0 aliphatic heterocycles. The van der Waals surface area contributed by atoms with E-state index in [0.717, 1.165) is 23.8 Å². The van der Waals surface area contributed by atoms with Crippen LogP contribution < -0.4 is 10.6 Å². The van der Waals surface area contributed by atoms with Gasteiger partial charge in [-0.05, 0) is 39.3 Å². The summed E-state index contributed by atoms with van der Waals surface area (Å²) < 4.78 is 11.3. The molecule has 0 saturated heterocycles. The molecule has 6 heteroatoms. The molecule has 0 fully saturated rings. The Morgan fingerprint density at radius 1 is 1.22 bits per heavy atom. The molecule has 2 N–H and O–H groups in total. The van der Waals surface area contributed by atoms with Gasteiger partial charge in [0.25, 0.3) is 0 Å². The van der Waals surface area contributed by atoms with E-state index in [2.05, 4.69) is 35.3 Å². The molecule has 0 aliphatic rings. The molecule has 0 radical (unpaired) electrons. The summed E-state index contributed by atoms with van der Waals surface area (Å²) >= 11 is 0. The summed E-state index contributed by atoms with van der Waals surface area (Å²) in [6.45, 7) is 16.2. The smallest absolute Gasteiger partial charge is 0.118 e. The Labute approximate surface area is 143 Å². The number of hydrogen-bond acceptors (Lipinski definition) is 4. The van der Waals surface area contributed by atoms with Crippen molar-refractivity contribution in [3.63, 3.8) is 0 Å². The van der Waals surface area contributed by atoms with Crippen LogP contribution in [0.1, 0.15) is 27.7 Å². The van der Waals surface area contributed by atoms with Crippen molar-refractivity contribution in [2.24, 2.45) is 4.99 Å². The normalized spacial score (nSPS) is 15.4. The van der Waals surface area contributed by atoms with E-state index >= 15 is 0 Å². The Balaban J connectivity index is 4.17. The quantitative estimate of drug-likeness (QED) is 0.159. The summed E-state index contributed by atoms with van der Waals surface area (Å²) in [4.78, 5) is 4.40. The largest absolute Gasteiger partial charge is 0.489 e. The molecule has 1 unspecified atom stereocenters. The standard InChI is InChI=1S/C17H35N3O2Si/c1-14(16(3)22-15(2)12-18-5)11-19-17(4)20-13-21-9-10-23(6,7)8/h11-12,16,18H,9-10,13H2,1-8H3,(H,19,20)/b14-11+,15-12-. The molecule has 1 atom stereocenters. The Morgan fingerprint density at radius 2 is 1.87 bits per heavy atom. The van der Waals surface area contributed by atoms with E-state index < -0.39 is 8.07 Å². The van der Waals surface area contributed by atoms with Crippen molar-refractivity contribution < 1.29 is 9.47 Å². The number of nitrogens with zero attached hydrogens (tertiary/aromatic N) is 1. The minimum Gasteiger partial charge on any atom is -0.489 e. The third-order valence-corrected chi connectivity index (χ3v) is 4.94. The molecular weight excluding hydrogens is 306 g/mol. The number of nitrogens with one attached hydrogen (secondary N) is 2. The summed E-state index contributed by atoms with van der Waals surface area (Å²) in [6.07, 6.45) is 3.66. The Hall–Kier alpha value is -1.27. The monoisotopic (exact) mass is 341 g/mol. The fraction of sp³-hybridized carbons (Fsp3) is 0.706. The first kappa shape index (κ1) is 21.7. The summed E-state index contributed by atoms with van der Waals surface area (Å²) in [6, 6.07) is 1.18. The van der Waals surface area contributed by atoms with E-state index in [-0.39, 0.29) is 6.10 Å². The van der Waals surface area contributed by atoms with Crippen molar-refractivity contribution in [3.05, 3.63) is 23.7 Å². The van der Waals surface area contributed by atoms with Crippen LogP contribution in [0, 0.1) is 0 Å². The van der Waals surface area contributed by atoms with Gasteiger partial charge in [-0.3, -0.25) is 0 Å². The molecular formula is C17H35N3O2Si. The molecule has 5 nitrogen and oxygen atoms in total. The molecule has 0 heterocycles. The number of aliphatic imine (C=N–C) groups is 1. The first-order chi connectivity index (χ1) is 10.7. The van der Waals surface area contributed by atoms with Crippen LogP contribution in [0.15, 0.2) is 28.7 Å². The van der Waals surface area contributed by atoms with E-state index in [1.807, 2.05) is 47.1 Å². The van der Waals surface area contributed by atoms with Gasteiger partial charge in [-0.25, -0.2) is 4.99 Å². The third kappa shape index (κ3) is 12.9. The molecule has 0 aromatic carbocycles. The first-order valence-electron chi connectivity index (χ1n) is 8.19. The van der Waals surface area contributed by atoms with Gasteiger partial charge in [0, 0.05) is 34.1 Å². The molecule has 0 amide bonds. The third-order valence-electron chi connectivity index (χ3n) is 3.24. The predicted octanol–water partition coefficient (Wildman–Crippen LogP) is 3.70. The van der Waals surface area contributed by atoms with E-state index in [1.54, 1.807) is 0 Å². The zero-order valence-corrected chi connectivity index (χ0v) is 17.1. The molecule has 0 aromatic heterocycles. The number of ether oxygens (including phenoxy) is 2. The van der Waals surface area contributed by atoms with Gasteiger partial charge in [0.15, 0.2) is 0 Å². The van der Waals surface area contributed by atoms with Crippen molar-refractivity contribution in [3.8, 4) is 0 Å². The van der Waals surface area contributed by atoms with Crippen LogP contribution in [-0.4, -0.2) is 40.4 Å². The highest BCUT2D eigenvalue weighted by Crippen LogP contribution is 2.10. The summed E-state index contributed by atoms with van der Waals surface area (Å²) in [7, 11) is 0.840. The van der Waals surface area contributed by atoms with E-state index in [4.69, 9.17) is 9.47 Å². The van der Waals surface area contributed by atoms with Gasteiger partial charge in [-0.1, -0.05) is 19.6 Å². The van der Waals surface area contributed by atoms with Gasteiger partial charge < -0.3 is 20.1 Å². The molecule has 0 saturated carbocycles. The average Bonchev–Trinajstić information content (AvgIpc) is 2.43. The van der Waals surface area contributed by atoms with Crippen molar-refractivity contribution >= 4 is 13.9 Å². The first-order valence-corrected chi connectivity index (χ1v) is 11.9. The van der Waals surface area contributed by atoms with Crippen LogP contribution in [0.25, 0.3) is 0 Å². The van der Waals surface area contributed by atoms with Gasteiger partial charge in [0.1, 0.15) is 24.4 Å². The van der Waals surface area contributed by atoms with Gasteiger partial charge >= 0.3 is 0 Å². The Bertz CT molecular complexity index is 426. The SMILES string of the molecule is CN/C=C(/C)OC(C)/C(C)=C/N=C(\C)NCOCC[Si](C)(C)C. The average molecular weight is 342 g/mol. The van der Waals surface area contributed by atoms with Crippen LogP contribution in [0.2, 0.25) is 25.7 Å². The van der Waals surface area contributed by atoms with E-state index in [0.29, 0.717) is 6.73 Å². The van der Waals surface area contributed by atoms with Crippen molar-refractivity contribution in [1.82, 2.24) is 10.6 Å². The van der Waals surface area contributed by atoms with Crippen molar-refractivity contribution in [2.75, 3.05) is 20.4 Å². The molecule has 0 aliphatic carbocycles. The zero-order valence-electron chi connectivity index (χ0n) is 16.1. The van der Waals surface area contributed by atoms with Gasteiger partial charge in [-0.15, -0.1) is 0 Å². The number of amidine groups is 1. The zero-order chi connectivity index (χ0) is 17.9. The van der Waals surface area contributed by atoms with Crippen LogP contribution in [0.3, 0.4) is 0 Å². The van der Waals surface area contributed by atoms with Crippen molar-refractivity contribution in [1.29, 1.82) is 0 Å². The lowest BCUT2D eigenvalue weighted by Crippen LogP contribution is -2.26. The van der Waals surface area contributed by atoms with Crippen LogP contribution in [0.4, 0.5) is 0 Å². The maximum Gasteiger partial charge on any atom is 0.118 e. The van der Waals surface area contributed by atoms with Crippen LogP contribution in [0.5, 0.6) is 0 Å². The molecule has 0 aromatic rings. The van der Waals surface area contributed by atoms with Crippen LogP contribution in [-0.2, 0) is 9.47 Å². The minimum absolute atomic E-state index is 0.0101. The number of allylic oxidation sites excluding steroid dienone is 1. The maximum absolute atomic E-state index is 5.75. The fourth-order valence-electron chi connectivity index (χ4n) is 1.56. The topological polar surface area (TPSA) is 54.9 Å². The fourth-order valence-corrected chi connectivity index (χ4v) is 2.32. The second kappa shape index (κ2) is 11.3. The highest BCUT2D eigenvalue weighted by Gasteiger charge is 2.11. The lowest BCUT2D eigenvalue weighted by atomic mass is 10.2. The van der Waals surface area contributed by atoms with E-state index in [1.165, 1.54) is 6.04 Å². The highest BCUT2D eigenvalue weighted by atomic mass is 28.3. The lowest BCUT2D eigenvalue weighted by Gasteiger charge is -2.16. The van der Waals surface area contributed by atoms with Gasteiger partial charge in [0.05, 0.1) is 0 Å². The minimum atomic E-state index is -1.01. The second-order valence-corrected chi connectivity index (χ2v) is 12.6. The van der Waals surface area contributed by atoms with Crippen molar-refractivity contribution in [2.45, 2.75) is 59.5 Å². The summed E-state index contributed by atoms with van der Waals surface area (Å²) in [5, 5.41) is 6.11. The molecule has 23 heavy (non-hydrogen) atoms.